The first-order chi connectivity index (χ1) is 26.8. The van der Waals surface area contributed by atoms with Gasteiger partial charge in [-0.25, -0.2) is 4.99 Å². The number of para-hydroxylation sites is 2. The number of aliphatic imine (C=N–C) groups is 1. The molecule has 1 aliphatic carbocycles. The highest BCUT2D eigenvalue weighted by Gasteiger charge is 2.36. The molecule has 4 nitrogen and oxygen atoms in total. The van der Waals surface area contributed by atoms with Gasteiger partial charge in [-0.05, 0) is 77.6 Å². The summed E-state index contributed by atoms with van der Waals surface area (Å²) >= 11 is 0. The van der Waals surface area contributed by atoms with Gasteiger partial charge in [-0.1, -0.05) is 140 Å². The number of rotatable bonds is 6. The van der Waals surface area contributed by atoms with E-state index in [-0.39, 0.29) is 6.17 Å². The number of allylic oxidation sites excluding steroid dienone is 4. The molecule has 256 valence electrons. The van der Waals surface area contributed by atoms with Gasteiger partial charge in [0.2, 0.25) is 0 Å². The first kappa shape index (κ1) is 30.7. The molecule has 11 rings (SSSR count). The Kier molecular flexibility index (Phi) is 7.02. The van der Waals surface area contributed by atoms with Crippen LogP contribution in [0, 0.1) is 0 Å². The smallest absolute Gasteiger partial charge is 0.154 e. The predicted molar refractivity (Wildman–Crippen MR) is 223 cm³/mol. The average molecular weight is 694 g/mol. The Morgan fingerprint density at radius 2 is 1.09 bits per heavy atom. The van der Waals surface area contributed by atoms with Crippen molar-refractivity contribution in [3.05, 3.63) is 199 Å². The fourth-order valence-corrected chi connectivity index (χ4v) is 8.53. The van der Waals surface area contributed by atoms with E-state index >= 15 is 0 Å². The number of fused-ring (bicyclic) bond motifs is 6. The van der Waals surface area contributed by atoms with Crippen molar-refractivity contribution in [1.29, 1.82) is 0 Å². The van der Waals surface area contributed by atoms with E-state index in [1.165, 1.54) is 49.9 Å². The Balaban J connectivity index is 1.06. The lowest BCUT2D eigenvalue weighted by Gasteiger charge is -2.42. The van der Waals surface area contributed by atoms with Crippen LogP contribution in [0.25, 0.3) is 71.7 Å². The van der Waals surface area contributed by atoms with Crippen LogP contribution in [0.2, 0.25) is 0 Å². The van der Waals surface area contributed by atoms with Crippen molar-refractivity contribution < 1.29 is 4.42 Å². The van der Waals surface area contributed by atoms with Gasteiger partial charge in [0.15, 0.2) is 6.17 Å². The minimum Gasteiger partial charge on any atom is -0.455 e. The Labute approximate surface area is 313 Å². The molecule has 9 aromatic rings. The summed E-state index contributed by atoms with van der Waals surface area (Å²) < 4.78 is 8.98. The molecule has 0 amide bonds. The van der Waals surface area contributed by atoms with Crippen LogP contribution in [0.4, 0.5) is 0 Å². The summed E-state index contributed by atoms with van der Waals surface area (Å²) in [6.45, 7) is 0. The van der Waals surface area contributed by atoms with E-state index in [1.54, 1.807) is 0 Å². The van der Waals surface area contributed by atoms with Crippen LogP contribution in [0.15, 0.2) is 197 Å². The summed E-state index contributed by atoms with van der Waals surface area (Å²) in [6, 6.07) is 60.5. The van der Waals surface area contributed by atoms with E-state index in [4.69, 9.17) is 9.41 Å². The molecule has 0 saturated heterocycles. The van der Waals surface area contributed by atoms with Gasteiger partial charge in [-0.3, -0.25) is 0 Å². The molecule has 3 heterocycles. The lowest BCUT2D eigenvalue weighted by Crippen LogP contribution is -2.43. The van der Waals surface area contributed by atoms with Gasteiger partial charge in [-0.15, -0.1) is 0 Å². The monoisotopic (exact) mass is 693 g/mol. The summed E-state index contributed by atoms with van der Waals surface area (Å²) in [7, 11) is 0. The molecule has 1 aliphatic heterocycles. The quantitative estimate of drug-likeness (QED) is 0.174. The van der Waals surface area contributed by atoms with Crippen molar-refractivity contribution in [1.82, 2.24) is 9.47 Å². The van der Waals surface area contributed by atoms with Crippen LogP contribution in [-0.2, 0) is 0 Å². The van der Waals surface area contributed by atoms with Crippen LogP contribution < -0.4 is 0 Å². The molecule has 0 radical (unpaired) electrons. The molecular formula is C50H35N3O. The lowest BCUT2D eigenvalue weighted by molar-refractivity contribution is 0.328. The zero-order chi connectivity index (χ0) is 35.6. The van der Waals surface area contributed by atoms with E-state index in [2.05, 4.69) is 185 Å². The maximum absolute atomic E-state index is 6.50. The van der Waals surface area contributed by atoms with Crippen LogP contribution in [0.3, 0.4) is 0 Å². The molecule has 7 aromatic carbocycles. The number of amidine groups is 1. The SMILES string of the molecule is C1=C(N2C(c3ccccc3)=NC2c2ccccc2)CCC(n2c3ccc(-c4ccccc4)cc3c3cc(-c4cccc5c4oc4ccccc45)ccc32)=C1. The highest BCUT2D eigenvalue weighted by molar-refractivity contribution is 6.14. The normalized spacial score (nSPS) is 15.7. The topological polar surface area (TPSA) is 33.7 Å². The molecule has 2 aliphatic rings. The summed E-state index contributed by atoms with van der Waals surface area (Å²) in [5.41, 5.74) is 13.9. The number of furan rings is 1. The van der Waals surface area contributed by atoms with Gasteiger partial charge < -0.3 is 13.9 Å². The predicted octanol–water partition coefficient (Wildman–Crippen LogP) is 13.0. The minimum atomic E-state index is -0.0260. The minimum absolute atomic E-state index is 0.0260. The second-order valence-corrected chi connectivity index (χ2v) is 14.2. The Morgan fingerprint density at radius 3 is 1.83 bits per heavy atom. The van der Waals surface area contributed by atoms with E-state index in [0.717, 1.165) is 57.3 Å². The van der Waals surface area contributed by atoms with Gasteiger partial charge in [0, 0.05) is 44.1 Å². The second kappa shape index (κ2) is 12.4. The highest BCUT2D eigenvalue weighted by atomic mass is 16.3. The number of nitrogens with zero attached hydrogens (tertiary/aromatic N) is 3. The van der Waals surface area contributed by atoms with Crippen LogP contribution in [0.1, 0.15) is 30.1 Å². The first-order valence-corrected chi connectivity index (χ1v) is 18.7. The molecule has 0 bridgehead atoms. The standard InChI is InChI=1S/C50H35N3O/c1-4-13-33(14-5-1)36-23-29-45-43(31-36)44-32-37(40-20-12-21-42-41-19-10-11-22-47(41)54-48(40)42)24-30-46(44)52(45)38-25-27-39(28-26-38)53-49(34-15-6-2-7-16-34)51-50(53)35-17-8-3-9-18-35/h1-25,27,29-32,49H,26,28H2. The first-order valence-electron chi connectivity index (χ1n) is 18.7. The zero-order valence-corrected chi connectivity index (χ0v) is 29.6. The average Bonchev–Trinajstić information content (AvgIpc) is 3.77. The fraction of sp³-hybridized carbons (Fsp3) is 0.0600. The van der Waals surface area contributed by atoms with Crippen molar-refractivity contribution in [3.63, 3.8) is 0 Å². The van der Waals surface area contributed by atoms with Gasteiger partial charge in [0.25, 0.3) is 0 Å². The maximum Gasteiger partial charge on any atom is 0.154 e. The van der Waals surface area contributed by atoms with Crippen LogP contribution in [0.5, 0.6) is 0 Å². The third kappa shape index (κ3) is 4.87. The number of aromatic nitrogens is 1. The van der Waals surface area contributed by atoms with Crippen molar-refractivity contribution in [2.24, 2.45) is 4.99 Å². The largest absolute Gasteiger partial charge is 0.455 e. The summed E-state index contributed by atoms with van der Waals surface area (Å²) in [5, 5.41) is 4.76. The molecule has 54 heavy (non-hydrogen) atoms. The van der Waals surface area contributed by atoms with Gasteiger partial charge in [-0.2, -0.15) is 0 Å². The van der Waals surface area contributed by atoms with Crippen molar-refractivity contribution in [3.8, 4) is 22.3 Å². The summed E-state index contributed by atoms with van der Waals surface area (Å²) in [6.07, 6.45) is 6.44. The van der Waals surface area contributed by atoms with Crippen molar-refractivity contribution in [2.75, 3.05) is 0 Å². The van der Waals surface area contributed by atoms with Crippen molar-refractivity contribution >= 4 is 55.3 Å². The molecule has 1 atom stereocenters. The van der Waals surface area contributed by atoms with E-state index in [0.29, 0.717) is 0 Å². The second-order valence-electron chi connectivity index (χ2n) is 14.2. The number of hydrogen-bond acceptors (Lipinski definition) is 3. The third-order valence-corrected chi connectivity index (χ3v) is 11.1. The Bertz CT molecular complexity index is 2990. The molecular weight excluding hydrogens is 659 g/mol. The number of benzene rings is 7. The van der Waals surface area contributed by atoms with Gasteiger partial charge >= 0.3 is 0 Å². The fourth-order valence-electron chi connectivity index (χ4n) is 8.53. The summed E-state index contributed by atoms with van der Waals surface area (Å²) in [4.78, 5) is 7.57. The molecule has 1 unspecified atom stereocenters. The molecule has 0 fully saturated rings. The van der Waals surface area contributed by atoms with E-state index < -0.39 is 0 Å². The van der Waals surface area contributed by atoms with E-state index in [9.17, 15) is 0 Å². The van der Waals surface area contributed by atoms with Crippen LogP contribution >= 0.6 is 0 Å². The number of hydrogen-bond donors (Lipinski definition) is 0. The molecule has 0 saturated carbocycles. The molecule has 2 aromatic heterocycles. The maximum atomic E-state index is 6.50. The molecule has 4 heteroatoms. The molecule has 0 spiro atoms. The third-order valence-electron chi connectivity index (χ3n) is 11.1. The van der Waals surface area contributed by atoms with Gasteiger partial charge in [0.05, 0.1) is 11.0 Å². The molecule has 0 N–H and O–H groups in total. The van der Waals surface area contributed by atoms with Crippen LogP contribution in [-0.4, -0.2) is 15.3 Å². The zero-order valence-electron chi connectivity index (χ0n) is 29.6. The van der Waals surface area contributed by atoms with Gasteiger partial charge in [0.1, 0.15) is 17.0 Å². The van der Waals surface area contributed by atoms with E-state index in [1.807, 2.05) is 6.07 Å². The highest BCUT2D eigenvalue weighted by Crippen LogP contribution is 2.43. The Hall–Kier alpha value is -6.91. The lowest BCUT2D eigenvalue weighted by atomic mass is 9.99. The summed E-state index contributed by atoms with van der Waals surface area (Å²) in [5.74, 6) is 1.03. The van der Waals surface area contributed by atoms with Crippen molar-refractivity contribution in [2.45, 2.75) is 19.0 Å². The Morgan fingerprint density at radius 1 is 0.481 bits per heavy atom.